The molecule has 1 atom stereocenters. The first-order valence-corrected chi connectivity index (χ1v) is 7.17. The Bertz CT molecular complexity index is 749. The summed E-state index contributed by atoms with van der Waals surface area (Å²) in [4.78, 5) is 27.6. The summed E-state index contributed by atoms with van der Waals surface area (Å²) in [6.45, 7) is 0.438. The van der Waals surface area contributed by atoms with Gasteiger partial charge in [0.1, 0.15) is 0 Å². The topological polar surface area (TPSA) is 159 Å². The van der Waals surface area contributed by atoms with Crippen molar-refractivity contribution in [3.63, 3.8) is 0 Å². The molecule has 2 aromatic rings. The van der Waals surface area contributed by atoms with E-state index in [1.165, 1.54) is 0 Å². The summed E-state index contributed by atoms with van der Waals surface area (Å²) in [6, 6.07) is 9.16. The van der Waals surface area contributed by atoms with E-state index in [2.05, 4.69) is 20.6 Å². The molecule has 0 amide bonds. The maximum Gasteiger partial charge on any atom is 0.375 e. The number of anilines is 2. The molecule has 0 saturated heterocycles. The Kier molecular flexibility index (Phi) is 5.82. The highest BCUT2D eigenvalue weighted by Crippen LogP contribution is 2.16. The summed E-state index contributed by atoms with van der Waals surface area (Å²) in [5.74, 6) is -0.466. The molecule has 128 valence electrons. The van der Waals surface area contributed by atoms with Gasteiger partial charge in [-0.05, 0) is 5.56 Å². The Morgan fingerprint density at radius 1 is 1.38 bits per heavy atom. The Morgan fingerprint density at radius 2 is 2.08 bits per heavy atom. The van der Waals surface area contributed by atoms with Gasteiger partial charge in [-0.3, -0.25) is 19.9 Å². The number of nitrogens with one attached hydrogen (secondary N) is 3. The van der Waals surface area contributed by atoms with Gasteiger partial charge in [-0.25, -0.2) is 0 Å². The van der Waals surface area contributed by atoms with Crippen molar-refractivity contribution >= 4 is 17.5 Å². The van der Waals surface area contributed by atoms with Crippen molar-refractivity contribution < 1.29 is 10.0 Å². The van der Waals surface area contributed by atoms with E-state index in [-0.39, 0.29) is 24.9 Å². The van der Waals surface area contributed by atoms with Gasteiger partial charge in [-0.15, -0.1) is 0 Å². The molecule has 0 fully saturated rings. The van der Waals surface area contributed by atoms with Crippen molar-refractivity contribution in [3.8, 4) is 0 Å². The number of aromatic amines is 1. The Morgan fingerprint density at radius 3 is 2.71 bits per heavy atom. The van der Waals surface area contributed by atoms with E-state index in [0.717, 1.165) is 5.56 Å². The number of aliphatic hydroxyl groups is 1. The molecule has 0 bridgehead atoms. The molecular formula is C14H18N6O4. The number of nitrogen functional groups attached to an aromatic ring is 1. The smallest absolute Gasteiger partial charge is 0.375 e. The van der Waals surface area contributed by atoms with Gasteiger partial charge in [0, 0.05) is 19.1 Å². The minimum Gasteiger partial charge on any atom is -0.395 e. The molecule has 1 heterocycles. The summed E-state index contributed by atoms with van der Waals surface area (Å²) in [5, 5.41) is 26.2. The summed E-state index contributed by atoms with van der Waals surface area (Å²) in [7, 11) is 0. The molecule has 2 rings (SSSR count). The molecule has 10 heteroatoms. The molecular weight excluding hydrogens is 316 g/mol. The third-order valence-corrected chi connectivity index (χ3v) is 3.27. The number of nitrogens with two attached hydrogens (primary N) is 1. The maximum absolute atomic E-state index is 11.6. The lowest BCUT2D eigenvalue weighted by atomic mass is 10.2. The second-order valence-corrected chi connectivity index (χ2v) is 5.03. The van der Waals surface area contributed by atoms with Crippen molar-refractivity contribution in [2.75, 3.05) is 24.2 Å². The first-order valence-electron chi connectivity index (χ1n) is 7.17. The largest absolute Gasteiger partial charge is 0.395 e. The molecule has 1 aromatic carbocycles. The molecule has 0 saturated carbocycles. The highest BCUT2D eigenvalue weighted by Gasteiger charge is 2.22. The van der Waals surface area contributed by atoms with Crippen LogP contribution in [0.15, 0.2) is 35.1 Å². The molecule has 0 aliphatic rings. The average molecular weight is 334 g/mol. The number of aliphatic hydroxyl groups excluding tert-OH is 1. The van der Waals surface area contributed by atoms with Crippen LogP contribution in [0.3, 0.4) is 0 Å². The van der Waals surface area contributed by atoms with Gasteiger partial charge in [-0.1, -0.05) is 30.3 Å². The van der Waals surface area contributed by atoms with Crippen LogP contribution in [0.4, 0.5) is 17.5 Å². The second kappa shape index (κ2) is 8.04. The lowest BCUT2D eigenvalue weighted by Gasteiger charge is -2.17. The molecule has 0 aliphatic carbocycles. The zero-order chi connectivity index (χ0) is 17.5. The third kappa shape index (κ3) is 4.51. The monoisotopic (exact) mass is 334 g/mol. The number of nitrogens with zero attached hydrogens (tertiary/aromatic N) is 2. The van der Waals surface area contributed by atoms with E-state index in [0.29, 0.717) is 6.54 Å². The Balaban J connectivity index is 2.03. The lowest BCUT2D eigenvalue weighted by Crippen LogP contribution is -2.38. The number of H-pyrrole nitrogens is 1. The highest BCUT2D eigenvalue weighted by molar-refractivity contribution is 5.56. The second-order valence-electron chi connectivity index (χ2n) is 5.03. The zero-order valence-corrected chi connectivity index (χ0v) is 12.7. The van der Waals surface area contributed by atoms with E-state index >= 15 is 0 Å². The van der Waals surface area contributed by atoms with E-state index in [9.17, 15) is 20.0 Å². The van der Waals surface area contributed by atoms with Gasteiger partial charge in [0.2, 0.25) is 11.8 Å². The molecule has 0 radical (unpaired) electrons. The predicted octanol–water partition coefficient (Wildman–Crippen LogP) is -0.177. The van der Waals surface area contributed by atoms with E-state index in [4.69, 9.17) is 5.73 Å². The number of benzene rings is 1. The normalized spacial score (nSPS) is 11.9. The quantitative estimate of drug-likeness (QED) is 0.328. The van der Waals surface area contributed by atoms with Gasteiger partial charge in [0.05, 0.1) is 11.5 Å². The minimum absolute atomic E-state index is 0.125. The van der Waals surface area contributed by atoms with Crippen molar-refractivity contribution in [3.05, 3.63) is 56.4 Å². The SMILES string of the molecule is Nc1nc(NC[C@H](CO)NCc2ccccc2)c([N+](=O)[O-])c(=O)[nH]1. The molecule has 0 unspecified atom stereocenters. The number of hydrogen-bond acceptors (Lipinski definition) is 8. The molecule has 1 aromatic heterocycles. The maximum atomic E-state index is 11.6. The van der Waals surface area contributed by atoms with Gasteiger partial charge in [0.15, 0.2) is 0 Å². The molecule has 0 aliphatic heterocycles. The number of hydrogen-bond donors (Lipinski definition) is 5. The molecule has 10 nitrogen and oxygen atoms in total. The van der Waals surface area contributed by atoms with E-state index < -0.39 is 22.2 Å². The van der Waals surface area contributed by atoms with Crippen LogP contribution in [-0.4, -0.2) is 39.2 Å². The van der Waals surface area contributed by atoms with E-state index in [1.54, 1.807) is 0 Å². The highest BCUT2D eigenvalue weighted by atomic mass is 16.6. The van der Waals surface area contributed by atoms with Crippen LogP contribution in [0.25, 0.3) is 0 Å². The van der Waals surface area contributed by atoms with Crippen molar-refractivity contribution in [1.29, 1.82) is 0 Å². The molecule has 6 N–H and O–H groups in total. The summed E-state index contributed by atoms with van der Waals surface area (Å²) >= 11 is 0. The summed E-state index contributed by atoms with van der Waals surface area (Å²) < 4.78 is 0. The van der Waals surface area contributed by atoms with Gasteiger partial charge in [0.25, 0.3) is 0 Å². The van der Waals surface area contributed by atoms with Gasteiger partial charge in [-0.2, -0.15) is 4.98 Å². The molecule has 24 heavy (non-hydrogen) atoms. The fraction of sp³-hybridized carbons (Fsp3) is 0.286. The van der Waals surface area contributed by atoms with Crippen molar-refractivity contribution in [1.82, 2.24) is 15.3 Å². The number of rotatable bonds is 8. The zero-order valence-electron chi connectivity index (χ0n) is 12.7. The predicted molar refractivity (Wildman–Crippen MR) is 88.6 cm³/mol. The van der Waals surface area contributed by atoms with Crippen LogP contribution in [0.2, 0.25) is 0 Å². The first kappa shape index (κ1) is 17.4. The van der Waals surface area contributed by atoms with Gasteiger partial charge >= 0.3 is 11.2 Å². The number of aromatic nitrogens is 2. The van der Waals surface area contributed by atoms with Crippen molar-refractivity contribution in [2.24, 2.45) is 0 Å². The average Bonchev–Trinajstić information content (AvgIpc) is 2.55. The first-order chi connectivity index (χ1) is 11.5. The standard InChI is InChI=1S/C14H18N6O4/c15-14-18-12(11(20(23)24)13(22)19-14)17-7-10(8-21)16-6-9-4-2-1-3-5-9/h1-5,10,16,21H,6-8H2,(H4,15,17,18,19,22)/t10-/m1/s1. The van der Waals surface area contributed by atoms with E-state index in [1.807, 2.05) is 30.3 Å². The number of nitro groups is 1. The van der Waals surface area contributed by atoms with Crippen LogP contribution < -0.4 is 21.9 Å². The molecule has 0 spiro atoms. The fourth-order valence-electron chi connectivity index (χ4n) is 2.06. The van der Waals surface area contributed by atoms with Crippen LogP contribution >= 0.6 is 0 Å². The third-order valence-electron chi connectivity index (χ3n) is 3.27. The van der Waals surface area contributed by atoms with Crippen LogP contribution in [-0.2, 0) is 6.54 Å². The van der Waals surface area contributed by atoms with Crippen LogP contribution in [0.1, 0.15) is 5.56 Å². The minimum atomic E-state index is -0.937. The fourth-order valence-corrected chi connectivity index (χ4v) is 2.06. The lowest BCUT2D eigenvalue weighted by molar-refractivity contribution is -0.385. The van der Waals surface area contributed by atoms with Gasteiger partial charge < -0.3 is 21.5 Å². The Hall–Kier alpha value is -2.98. The van der Waals surface area contributed by atoms with Crippen LogP contribution in [0.5, 0.6) is 0 Å². The Labute approximate surface area is 136 Å². The van der Waals surface area contributed by atoms with Crippen LogP contribution in [0, 0.1) is 10.1 Å². The summed E-state index contributed by atoms with van der Waals surface area (Å²) in [6.07, 6.45) is 0. The summed E-state index contributed by atoms with van der Waals surface area (Å²) in [5.41, 5.74) is 4.78. The van der Waals surface area contributed by atoms with Crippen molar-refractivity contribution in [2.45, 2.75) is 12.6 Å².